The van der Waals surface area contributed by atoms with Crippen molar-refractivity contribution in [2.75, 3.05) is 11.1 Å². The lowest BCUT2D eigenvalue weighted by Crippen LogP contribution is -2.04. The van der Waals surface area contributed by atoms with Gasteiger partial charge in [-0.3, -0.25) is 0 Å². The Bertz CT molecular complexity index is 521. The highest BCUT2D eigenvalue weighted by Crippen LogP contribution is 2.16. The third kappa shape index (κ3) is 2.75. The van der Waals surface area contributed by atoms with Gasteiger partial charge in [-0.1, -0.05) is 18.2 Å². The molecule has 17 heavy (non-hydrogen) atoms. The van der Waals surface area contributed by atoms with Crippen molar-refractivity contribution >= 4 is 11.5 Å². The van der Waals surface area contributed by atoms with Gasteiger partial charge < -0.3 is 11.1 Å². The summed E-state index contributed by atoms with van der Waals surface area (Å²) in [5.41, 5.74) is 10.1. The average molecular weight is 227 g/mol. The van der Waals surface area contributed by atoms with Crippen LogP contribution in [0.15, 0.2) is 36.4 Å². The molecule has 0 aliphatic heterocycles. The van der Waals surface area contributed by atoms with Gasteiger partial charge in [-0.2, -0.15) is 0 Å². The number of benzene rings is 1. The minimum atomic E-state index is 0.743. The molecular formula is C14H17N3. The summed E-state index contributed by atoms with van der Waals surface area (Å²) in [6.45, 7) is 4.76. The van der Waals surface area contributed by atoms with E-state index < -0.39 is 0 Å². The first-order chi connectivity index (χ1) is 8.16. The predicted octanol–water partition coefficient (Wildman–Crippen LogP) is 2.89. The first-order valence-electron chi connectivity index (χ1n) is 5.68. The summed E-state index contributed by atoms with van der Waals surface area (Å²) in [4.78, 5) is 4.40. The second-order valence-electron chi connectivity index (χ2n) is 4.15. The second-order valence-corrected chi connectivity index (χ2v) is 4.15. The number of aromatic nitrogens is 1. The SMILES string of the molecule is Cc1cccc(NCc2cccc(N)c2C)n1. The Morgan fingerprint density at radius 2 is 1.88 bits per heavy atom. The molecule has 3 heteroatoms. The van der Waals surface area contributed by atoms with Crippen LogP contribution in [0.2, 0.25) is 0 Å². The molecule has 2 rings (SSSR count). The lowest BCUT2D eigenvalue weighted by atomic mass is 10.1. The van der Waals surface area contributed by atoms with E-state index in [1.54, 1.807) is 0 Å². The van der Waals surface area contributed by atoms with Crippen molar-refractivity contribution in [2.45, 2.75) is 20.4 Å². The Labute approximate surface area is 102 Å². The number of hydrogen-bond acceptors (Lipinski definition) is 3. The molecule has 0 spiro atoms. The number of nitrogens with two attached hydrogens (primary N) is 1. The smallest absolute Gasteiger partial charge is 0.126 e. The van der Waals surface area contributed by atoms with E-state index in [4.69, 9.17) is 5.73 Å². The summed E-state index contributed by atoms with van der Waals surface area (Å²) in [6.07, 6.45) is 0. The van der Waals surface area contributed by atoms with Crippen LogP contribution in [0.3, 0.4) is 0 Å². The minimum absolute atomic E-state index is 0.743. The number of rotatable bonds is 3. The second kappa shape index (κ2) is 4.87. The molecule has 0 bridgehead atoms. The summed E-state index contributed by atoms with van der Waals surface area (Å²) in [5.74, 6) is 0.895. The molecule has 3 nitrogen and oxygen atoms in total. The highest BCUT2D eigenvalue weighted by atomic mass is 15.0. The highest BCUT2D eigenvalue weighted by Gasteiger charge is 2.01. The molecule has 1 aromatic carbocycles. The van der Waals surface area contributed by atoms with Crippen LogP contribution >= 0.6 is 0 Å². The van der Waals surface area contributed by atoms with Gasteiger partial charge in [0.1, 0.15) is 5.82 Å². The van der Waals surface area contributed by atoms with Gasteiger partial charge in [-0.15, -0.1) is 0 Å². The summed E-state index contributed by atoms with van der Waals surface area (Å²) < 4.78 is 0. The number of pyridine rings is 1. The van der Waals surface area contributed by atoms with Crippen molar-refractivity contribution in [3.8, 4) is 0 Å². The normalized spacial score (nSPS) is 10.2. The van der Waals surface area contributed by atoms with Crippen LogP contribution in [0.1, 0.15) is 16.8 Å². The summed E-state index contributed by atoms with van der Waals surface area (Å²) in [5, 5.41) is 3.30. The van der Waals surface area contributed by atoms with Gasteiger partial charge in [-0.25, -0.2) is 4.98 Å². The molecule has 1 aromatic heterocycles. The standard InChI is InChI=1S/C14H17N3/c1-10-5-3-8-14(17-10)16-9-12-6-4-7-13(15)11(12)2/h3-8H,9,15H2,1-2H3,(H,16,17). The fourth-order valence-corrected chi connectivity index (χ4v) is 1.72. The molecule has 0 amide bonds. The molecule has 0 saturated heterocycles. The summed E-state index contributed by atoms with van der Waals surface area (Å²) >= 11 is 0. The molecule has 0 aliphatic rings. The van der Waals surface area contributed by atoms with E-state index >= 15 is 0 Å². The van der Waals surface area contributed by atoms with E-state index in [-0.39, 0.29) is 0 Å². The molecule has 0 atom stereocenters. The van der Waals surface area contributed by atoms with Gasteiger partial charge in [-0.05, 0) is 43.2 Å². The number of nitrogens with zero attached hydrogens (tertiary/aromatic N) is 1. The van der Waals surface area contributed by atoms with Crippen LogP contribution in [-0.2, 0) is 6.54 Å². The Balaban J connectivity index is 2.10. The lowest BCUT2D eigenvalue weighted by Gasteiger charge is -2.10. The van der Waals surface area contributed by atoms with Crippen molar-refractivity contribution in [3.05, 3.63) is 53.2 Å². The van der Waals surface area contributed by atoms with E-state index in [0.29, 0.717) is 0 Å². The number of aryl methyl sites for hydroxylation is 1. The van der Waals surface area contributed by atoms with Crippen LogP contribution in [0, 0.1) is 13.8 Å². The van der Waals surface area contributed by atoms with Gasteiger partial charge >= 0.3 is 0 Å². The van der Waals surface area contributed by atoms with Crippen LogP contribution in [-0.4, -0.2) is 4.98 Å². The van der Waals surface area contributed by atoms with Crippen LogP contribution < -0.4 is 11.1 Å². The molecule has 0 radical (unpaired) electrons. The van der Waals surface area contributed by atoms with Crippen LogP contribution in [0.4, 0.5) is 11.5 Å². The Hall–Kier alpha value is -2.03. The molecule has 88 valence electrons. The summed E-state index contributed by atoms with van der Waals surface area (Å²) in [6, 6.07) is 11.9. The Kier molecular flexibility index (Phi) is 3.28. The largest absolute Gasteiger partial charge is 0.399 e. The number of nitrogens with one attached hydrogen (secondary N) is 1. The molecule has 0 unspecified atom stereocenters. The maximum Gasteiger partial charge on any atom is 0.126 e. The van der Waals surface area contributed by atoms with Gasteiger partial charge in [0, 0.05) is 17.9 Å². The fraction of sp³-hybridized carbons (Fsp3) is 0.214. The molecule has 0 aliphatic carbocycles. The number of hydrogen-bond donors (Lipinski definition) is 2. The zero-order valence-corrected chi connectivity index (χ0v) is 10.2. The highest BCUT2D eigenvalue weighted by molar-refractivity contribution is 5.51. The fourth-order valence-electron chi connectivity index (χ4n) is 1.72. The first-order valence-corrected chi connectivity index (χ1v) is 5.68. The summed E-state index contributed by atoms with van der Waals surface area (Å²) in [7, 11) is 0. The maximum atomic E-state index is 5.87. The Morgan fingerprint density at radius 1 is 1.12 bits per heavy atom. The topological polar surface area (TPSA) is 50.9 Å². The molecule has 2 aromatic rings. The van der Waals surface area contributed by atoms with Crippen molar-refractivity contribution in [2.24, 2.45) is 0 Å². The van der Waals surface area contributed by atoms with Gasteiger partial charge in [0.2, 0.25) is 0 Å². The van der Waals surface area contributed by atoms with Gasteiger partial charge in [0.25, 0.3) is 0 Å². The molecule has 1 heterocycles. The first kappa shape index (κ1) is 11.5. The van der Waals surface area contributed by atoms with Crippen molar-refractivity contribution < 1.29 is 0 Å². The minimum Gasteiger partial charge on any atom is -0.399 e. The van der Waals surface area contributed by atoms with E-state index in [1.165, 1.54) is 5.56 Å². The predicted molar refractivity (Wildman–Crippen MR) is 71.9 cm³/mol. The maximum absolute atomic E-state index is 5.87. The Morgan fingerprint density at radius 3 is 2.65 bits per heavy atom. The van der Waals surface area contributed by atoms with Crippen molar-refractivity contribution in [1.82, 2.24) is 4.98 Å². The zero-order chi connectivity index (χ0) is 12.3. The van der Waals surface area contributed by atoms with Crippen molar-refractivity contribution in [1.29, 1.82) is 0 Å². The zero-order valence-electron chi connectivity index (χ0n) is 10.2. The number of anilines is 2. The van der Waals surface area contributed by atoms with E-state index in [1.807, 2.05) is 44.2 Å². The third-order valence-corrected chi connectivity index (χ3v) is 2.84. The van der Waals surface area contributed by atoms with Gasteiger partial charge in [0.15, 0.2) is 0 Å². The molecule has 0 fully saturated rings. The van der Waals surface area contributed by atoms with Crippen LogP contribution in [0.5, 0.6) is 0 Å². The number of nitrogen functional groups attached to an aromatic ring is 1. The molecular weight excluding hydrogens is 210 g/mol. The monoisotopic (exact) mass is 227 g/mol. The lowest BCUT2D eigenvalue weighted by molar-refractivity contribution is 1.07. The van der Waals surface area contributed by atoms with Crippen molar-refractivity contribution in [3.63, 3.8) is 0 Å². The quantitative estimate of drug-likeness (QED) is 0.793. The van der Waals surface area contributed by atoms with E-state index in [2.05, 4.69) is 16.4 Å². The average Bonchev–Trinajstić information content (AvgIpc) is 2.31. The molecule has 0 saturated carbocycles. The van der Waals surface area contributed by atoms with Crippen LogP contribution in [0.25, 0.3) is 0 Å². The van der Waals surface area contributed by atoms with E-state index in [0.717, 1.165) is 29.3 Å². The van der Waals surface area contributed by atoms with E-state index in [9.17, 15) is 0 Å². The third-order valence-electron chi connectivity index (χ3n) is 2.84. The molecule has 3 N–H and O–H groups in total. The van der Waals surface area contributed by atoms with Gasteiger partial charge in [0.05, 0.1) is 0 Å².